The number of nitrogens with one attached hydrogen (secondary N) is 5. The van der Waals surface area contributed by atoms with Crippen molar-refractivity contribution in [2.24, 2.45) is 10.8 Å². The molecular weight excluding hydrogens is 709 g/mol. The zero-order chi connectivity index (χ0) is 40.1. The SMILES string of the molecule is COC(=O)N[C@H](C(O)N[C@H](Cc1ccc(-c2ccccn2)cc1)C[C@H](O)[C@H](Cc1ccccc1)NC(O)[C@@H](NCCNS(C)(=O)=O)C(C)(C)C)C(C)(C)C. The minimum atomic E-state index is -3.38. The molecule has 3 aromatic rings. The number of ether oxygens (including phenoxy) is 1. The number of aliphatic hydroxyl groups excluding tert-OH is 3. The van der Waals surface area contributed by atoms with Gasteiger partial charge in [-0.15, -0.1) is 0 Å². The number of carbonyl (C=O) groups excluding carboxylic acids is 1. The Morgan fingerprint density at radius 2 is 1.37 bits per heavy atom. The zero-order valence-electron chi connectivity index (χ0n) is 32.9. The van der Waals surface area contributed by atoms with E-state index in [4.69, 9.17) is 4.74 Å². The Morgan fingerprint density at radius 1 is 0.778 bits per heavy atom. The largest absolute Gasteiger partial charge is 0.453 e. The van der Waals surface area contributed by atoms with Crippen LogP contribution in [-0.4, -0.2) is 104 Å². The van der Waals surface area contributed by atoms with Gasteiger partial charge in [0.1, 0.15) is 12.5 Å². The van der Waals surface area contributed by atoms with E-state index in [2.05, 4.69) is 31.0 Å². The second-order valence-corrected chi connectivity index (χ2v) is 17.9. The standard InChI is InChI=1S/C40H62N6O7S/c1-39(2,3)34(42-22-23-43-54(8,51)52)36(48)45-32(25-27-14-10-9-11-15-27)33(47)26-30(44-37(49)35(40(4,5)6)46-38(50)53-7)24-28-17-19-29(20-18-28)31-16-12-13-21-41-31/h9-21,30,32-37,42-45,47-49H,22-26H2,1-8H3,(H,46,50)/t30-,32+,33+,34-,35-,36?,37?/m1/s1. The maximum absolute atomic E-state index is 12.3. The predicted octanol–water partition coefficient (Wildman–Crippen LogP) is 3.16. The van der Waals surface area contributed by atoms with Crippen molar-refractivity contribution < 1.29 is 33.3 Å². The van der Waals surface area contributed by atoms with Crippen molar-refractivity contribution in [3.63, 3.8) is 0 Å². The molecule has 2 unspecified atom stereocenters. The first-order valence-corrected chi connectivity index (χ1v) is 20.3. The van der Waals surface area contributed by atoms with Crippen molar-refractivity contribution in [1.29, 1.82) is 0 Å². The van der Waals surface area contributed by atoms with E-state index >= 15 is 0 Å². The average Bonchev–Trinajstić information content (AvgIpc) is 3.09. The van der Waals surface area contributed by atoms with Gasteiger partial charge in [-0.05, 0) is 53.4 Å². The second-order valence-electron chi connectivity index (χ2n) is 16.1. The second kappa shape index (κ2) is 20.4. The number of nitrogens with zero attached hydrogens (tertiary/aromatic N) is 1. The van der Waals surface area contributed by atoms with E-state index in [1.807, 2.05) is 114 Å². The van der Waals surface area contributed by atoms with Gasteiger partial charge in [0.15, 0.2) is 0 Å². The van der Waals surface area contributed by atoms with E-state index in [0.717, 1.165) is 28.6 Å². The van der Waals surface area contributed by atoms with Crippen LogP contribution in [0.25, 0.3) is 11.3 Å². The zero-order valence-corrected chi connectivity index (χ0v) is 33.7. The van der Waals surface area contributed by atoms with Gasteiger partial charge in [0, 0.05) is 36.9 Å². The number of pyridine rings is 1. The lowest BCUT2D eigenvalue weighted by atomic mass is 9.84. The molecule has 14 heteroatoms. The maximum Gasteiger partial charge on any atom is 0.407 e. The third-order valence-corrected chi connectivity index (χ3v) is 10.0. The summed E-state index contributed by atoms with van der Waals surface area (Å²) in [5.74, 6) is 0. The number of carbonyl (C=O) groups is 1. The molecule has 8 N–H and O–H groups in total. The van der Waals surface area contributed by atoms with Crippen molar-refractivity contribution in [2.45, 2.75) is 104 Å². The smallest absolute Gasteiger partial charge is 0.407 e. The lowest BCUT2D eigenvalue weighted by molar-refractivity contribution is 0.00229. The Morgan fingerprint density at radius 3 is 1.93 bits per heavy atom. The highest BCUT2D eigenvalue weighted by Crippen LogP contribution is 2.25. The molecule has 0 radical (unpaired) electrons. The molecule has 0 saturated carbocycles. The maximum atomic E-state index is 12.3. The van der Waals surface area contributed by atoms with Crippen molar-refractivity contribution in [2.75, 3.05) is 26.5 Å². The summed E-state index contributed by atoms with van der Waals surface area (Å²) >= 11 is 0. The highest BCUT2D eigenvalue weighted by molar-refractivity contribution is 7.88. The molecule has 0 spiro atoms. The van der Waals surface area contributed by atoms with E-state index in [1.54, 1.807) is 6.20 Å². The molecule has 1 heterocycles. The monoisotopic (exact) mass is 770 g/mol. The fourth-order valence-electron chi connectivity index (χ4n) is 6.43. The molecule has 1 aromatic heterocycles. The summed E-state index contributed by atoms with van der Waals surface area (Å²) in [7, 11) is -2.11. The number of rotatable bonds is 20. The molecule has 0 aliphatic rings. The van der Waals surface area contributed by atoms with E-state index in [0.29, 0.717) is 12.8 Å². The van der Waals surface area contributed by atoms with Crippen molar-refractivity contribution in [1.82, 2.24) is 31.0 Å². The van der Waals surface area contributed by atoms with Crippen LogP contribution in [0.4, 0.5) is 4.79 Å². The molecule has 0 bridgehead atoms. The summed E-state index contributed by atoms with van der Waals surface area (Å²) in [5, 5.41) is 48.0. The minimum Gasteiger partial charge on any atom is -0.453 e. The van der Waals surface area contributed by atoms with E-state index in [-0.39, 0.29) is 19.5 Å². The summed E-state index contributed by atoms with van der Waals surface area (Å²) in [4.78, 5) is 16.8. The molecule has 54 heavy (non-hydrogen) atoms. The number of methoxy groups -OCH3 is 1. The van der Waals surface area contributed by atoms with Gasteiger partial charge < -0.3 is 30.7 Å². The molecule has 0 aliphatic heterocycles. The van der Waals surface area contributed by atoms with Gasteiger partial charge in [-0.3, -0.25) is 15.6 Å². The number of hydrogen-bond acceptors (Lipinski definition) is 11. The van der Waals surface area contributed by atoms with Crippen LogP contribution in [0.15, 0.2) is 79.0 Å². The molecule has 13 nitrogen and oxygen atoms in total. The molecule has 2 aromatic carbocycles. The van der Waals surface area contributed by atoms with Gasteiger partial charge in [0.25, 0.3) is 0 Å². The van der Waals surface area contributed by atoms with Crippen molar-refractivity contribution in [3.05, 3.63) is 90.1 Å². The lowest BCUT2D eigenvalue weighted by Gasteiger charge is -2.39. The van der Waals surface area contributed by atoms with Gasteiger partial charge in [-0.25, -0.2) is 17.9 Å². The molecule has 3 rings (SSSR count). The normalized spacial score (nSPS) is 16.4. The Hall–Kier alpha value is -3.47. The number of alkyl carbamates (subject to hydrolysis) is 1. The van der Waals surface area contributed by atoms with E-state index < -0.39 is 69.7 Å². The average molecular weight is 771 g/mol. The van der Waals surface area contributed by atoms with Crippen LogP contribution >= 0.6 is 0 Å². The van der Waals surface area contributed by atoms with Crippen LogP contribution in [0.5, 0.6) is 0 Å². The van der Waals surface area contributed by atoms with Crippen LogP contribution in [0.2, 0.25) is 0 Å². The highest BCUT2D eigenvalue weighted by Gasteiger charge is 2.37. The van der Waals surface area contributed by atoms with Gasteiger partial charge in [-0.1, -0.05) is 102 Å². The summed E-state index contributed by atoms with van der Waals surface area (Å²) in [6, 6.07) is 21.0. The van der Waals surface area contributed by atoms with E-state index in [9.17, 15) is 28.5 Å². The summed E-state index contributed by atoms with van der Waals surface area (Å²) < 4.78 is 30.5. The molecule has 0 fully saturated rings. The summed E-state index contributed by atoms with van der Waals surface area (Å²) in [6.45, 7) is 12.0. The molecule has 0 saturated heterocycles. The molecule has 300 valence electrons. The quantitative estimate of drug-likeness (QED) is 0.0622. The van der Waals surface area contributed by atoms with Crippen molar-refractivity contribution >= 4 is 16.1 Å². The molecule has 7 atom stereocenters. The number of sulfonamides is 1. The first-order chi connectivity index (χ1) is 25.3. The fourth-order valence-corrected chi connectivity index (χ4v) is 6.91. The Balaban J connectivity index is 1.92. The molecular formula is C40H62N6O7S. The number of hydrogen-bond donors (Lipinski definition) is 8. The molecule has 1 amide bonds. The lowest BCUT2D eigenvalue weighted by Crippen LogP contribution is -2.61. The van der Waals surface area contributed by atoms with E-state index in [1.165, 1.54) is 7.11 Å². The van der Waals surface area contributed by atoms with Gasteiger partial charge in [0.2, 0.25) is 10.0 Å². The van der Waals surface area contributed by atoms with Crippen LogP contribution in [-0.2, 0) is 27.6 Å². The Labute approximate surface area is 321 Å². The Bertz CT molecular complexity index is 1650. The predicted molar refractivity (Wildman–Crippen MR) is 213 cm³/mol. The van der Waals surface area contributed by atoms with Crippen LogP contribution in [0.1, 0.15) is 59.1 Å². The number of aliphatic hydroxyl groups is 3. The van der Waals surface area contributed by atoms with Crippen LogP contribution in [0.3, 0.4) is 0 Å². The number of aromatic nitrogens is 1. The summed E-state index contributed by atoms with van der Waals surface area (Å²) in [5.41, 5.74) is 2.67. The van der Waals surface area contributed by atoms with Crippen molar-refractivity contribution in [3.8, 4) is 11.3 Å². The molecule has 0 aliphatic carbocycles. The van der Waals surface area contributed by atoms with Crippen LogP contribution < -0.4 is 26.0 Å². The first kappa shape index (κ1) is 44.9. The first-order valence-electron chi connectivity index (χ1n) is 18.4. The Kier molecular flexibility index (Phi) is 17.0. The van der Waals surface area contributed by atoms with Gasteiger partial charge in [0.05, 0.1) is 37.2 Å². The van der Waals surface area contributed by atoms with Crippen LogP contribution in [0, 0.1) is 10.8 Å². The van der Waals surface area contributed by atoms with Gasteiger partial charge in [-0.2, -0.15) is 0 Å². The topological polar surface area (TPSA) is 194 Å². The number of amides is 1. The number of benzene rings is 2. The fraction of sp³-hybridized carbons (Fsp3) is 0.550. The van der Waals surface area contributed by atoms with Gasteiger partial charge >= 0.3 is 6.09 Å². The highest BCUT2D eigenvalue weighted by atomic mass is 32.2. The third-order valence-electron chi connectivity index (χ3n) is 9.29. The third kappa shape index (κ3) is 15.3. The summed E-state index contributed by atoms with van der Waals surface area (Å²) in [6.07, 6.45) is -0.228. The minimum absolute atomic E-state index is 0.146.